The molecule has 0 unspecified atom stereocenters. The van der Waals surface area contributed by atoms with Gasteiger partial charge in [0.05, 0.1) is 0 Å². The predicted octanol–water partition coefficient (Wildman–Crippen LogP) is 5.68. The Morgan fingerprint density at radius 2 is 1.58 bits per heavy atom. The van der Waals surface area contributed by atoms with Crippen molar-refractivity contribution in [2.24, 2.45) is 0 Å². The molecule has 3 rings (SSSR count). The summed E-state index contributed by atoms with van der Waals surface area (Å²) in [4.78, 5) is 2.06. The third kappa shape index (κ3) is 2.96. The van der Waals surface area contributed by atoms with E-state index in [0.717, 1.165) is 16.7 Å². The van der Waals surface area contributed by atoms with E-state index in [1.54, 1.807) is 0 Å². The normalized spacial score (nSPS) is 16.2. The molecule has 0 heterocycles. The molecule has 0 spiro atoms. The van der Waals surface area contributed by atoms with Crippen LogP contribution in [0.25, 0.3) is 16.3 Å². The second-order valence-electron chi connectivity index (χ2n) is 6.83. The zero-order valence-corrected chi connectivity index (χ0v) is 14.8. The van der Waals surface area contributed by atoms with Crippen LogP contribution in [-0.4, -0.2) is 22.1 Å². The van der Waals surface area contributed by atoms with Gasteiger partial charge in [-0.25, -0.2) is 0 Å². The Morgan fingerprint density at radius 1 is 0.917 bits per heavy atom. The molecule has 1 aliphatic carbocycles. The molecule has 2 heteroatoms. The lowest BCUT2D eigenvalue weighted by atomic mass is 9.97. The molecule has 1 aliphatic rings. The van der Waals surface area contributed by atoms with Crippen molar-refractivity contribution in [1.82, 2.24) is 4.90 Å². The maximum Gasteiger partial charge on any atom is 0.195 e. The number of fused-ring (bicyclic) bond motifs is 1. The summed E-state index contributed by atoms with van der Waals surface area (Å²) >= 11 is 0. The number of aliphatic hydroxyl groups excluding tert-OH is 1. The number of allylic oxidation sites excluding steroid dienone is 5. The number of hydrogen-bond donors (Lipinski definition) is 1. The van der Waals surface area contributed by atoms with E-state index in [1.807, 2.05) is 12.2 Å². The van der Waals surface area contributed by atoms with Gasteiger partial charge < -0.3 is 10.0 Å². The van der Waals surface area contributed by atoms with E-state index >= 15 is 0 Å². The fourth-order valence-corrected chi connectivity index (χ4v) is 3.45. The number of aliphatic hydroxyl groups is 1. The van der Waals surface area contributed by atoms with Gasteiger partial charge in [0.15, 0.2) is 5.88 Å². The molecule has 0 radical (unpaired) electrons. The molecule has 24 heavy (non-hydrogen) atoms. The minimum absolute atomic E-state index is 0.240. The zero-order chi connectivity index (χ0) is 17.3. The number of nitrogens with zero attached hydrogens (tertiary/aromatic N) is 1. The van der Waals surface area contributed by atoms with Crippen molar-refractivity contribution in [2.75, 3.05) is 0 Å². The predicted molar refractivity (Wildman–Crippen MR) is 103 cm³/mol. The van der Waals surface area contributed by atoms with Crippen LogP contribution < -0.4 is 0 Å². The highest BCUT2D eigenvalue weighted by Crippen LogP contribution is 2.33. The Hall–Kier alpha value is -2.48. The lowest BCUT2D eigenvalue weighted by Crippen LogP contribution is -2.36. The first-order valence-corrected chi connectivity index (χ1v) is 8.58. The molecule has 2 aromatic rings. The van der Waals surface area contributed by atoms with Crippen LogP contribution in [0.15, 0.2) is 72.1 Å². The molecule has 0 saturated heterocycles. The molecule has 0 bridgehead atoms. The summed E-state index contributed by atoms with van der Waals surface area (Å²) in [6, 6.07) is 15.3. The third-order valence-corrected chi connectivity index (χ3v) is 4.47. The molecule has 0 atom stereocenters. The Labute approximate surface area is 144 Å². The highest BCUT2D eigenvalue weighted by atomic mass is 16.3. The van der Waals surface area contributed by atoms with Gasteiger partial charge in [-0.15, -0.1) is 0 Å². The quantitative estimate of drug-likeness (QED) is 0.733. The van der Waals surface area contributed by atoms with E-state index in [9.17, 15) is 5.11 Å². The summed E-state index contributed by atoms with van der Waals surface area (Å²) in [6.45, 7) is 8.42. The van der Waals surface area contributed by atoms with Gasteiger partial charge in [-0.3, -0.25) is 0 Å². The average Bonchev–Trinajstić information content (AvgIpc) is 3.03. The molecular weight excluding hydrogens is 294 g/mol. The summed E-state index contributed by atoms with van der Waals surface area (Å²) < 4.78 is 0. The van der Waals surface area contributed by atoms with Gasteiger partial charge in [-0.05, 0) is 61.7 Å². The van der Waals surface area contributed by atoms with Crippen LogP contribution in [0.3, 0.4) is 0 Å². The van der Waals surface area contributed by atoms with Gasteiger partial charge in [0.2, 0.25) is 0 Å². The second kappa shape index (κ2) is 6.56. The maximum atomic E-state index is 10.9. The Balaban J connectivity index is 2.05. The van der Waals surface area contributed by atoms with E-state index in [1.165, 1.54) is 10.8 Å². The molecule has 124 valence electrons. The highest BCUT2D eigenvalue weighted by Gasteiger charge is 2.22. The highest BCUT2D eigenvalue weighted by molar-refractivity contribution is 5.92. The van der Waals surface area contributed by atoms with Crippen LogP contribution in [0.2, 0.25) is 0 Å². The molecule has 1 N–H and O–H groups in total. The van der Waals surface area contributed by atoms with Crippen molar-refractivity contribution in [2.45, 2.75) is 39.8 Å². The van der Waals surface area contributed by atoms with Crippen molar-refractivity contribution in [3.8, 4) is 0 Å². The number of rotatable bonds is 4. The Morgan fingerprint density at radius 3 is 2.25 bits per heavy atom. The molecule has 0 saturated carbocycles. The number of benzene rings is 2. The molecule has 2 aromatic carbocycles. The first-order chi connectivity index (χ1) is 11.5. The smallest absolute Gasteiger partial charge is 0.195 e. The summed E-state index contributed by atoms with van der Waals surface area (Å²) in [6.07, 6.45) is 6.08. The average molecular weight is 319 g/mol. The van der Waals surface area contributed by atoms with Crippen molar-refractivity contribution >= 4 is 16.3 Å². The topological polar surface area (TPSA) is 23.5 Å². The van der Waals surface area contributed by atoms with Crippen molar-refractivity contribution < 1.29 is 5.11 Å². The van der Waals surface area contributed by atoms with E-state index in [2.05, 4.69) is 81.1 Å². The summed E-state index contributed by atoms with van der Waals surface area (Å²) in [7, 11) is 0. The summed E-state index contributed by atoms with van der Waals surface area (Å²) in [5.41, 5.74) is 3.10. The molecule has 0 fully saturated rings. The van der Waals surface area contributed by atoms with Crippen LogP contribution in [-0.2, 0) is 0 Å². The Bertz CT molecular complexity index is 832. The fourth-order valence-electron chi connectivity index (χ4n) is 3.45. The van der Waals surface area contributed by atoms with Crippen molar-refractivity contribution in [3.05, 3.63) is 77.7 Å². The standard InChI is InChI=1S/C22H25NO/c1-15(2)23(16(3)4)22(24)21-11-7-10-20(21)19-13-12-17-8-5-6-9-18(17)14-19/h5-16,24H,1-4H3/b22-21-. The second-order valence-corrected chi connectivity index (χ2v) is 6.83. The first-order valence-electron chi connectivity index (χ1n) is 8.58. The van der Waals surface area contributed by atoms with E-state index in [0.29, 0.717) is 5.88 Å². The molecule has 0 aromatic heterocycles. The maximum absolute atomic E-state index is 10.9. The summed E-state index contributed by atoms with van der Waals surface area (Å²) in [5, 5.41) is 13.4. The van der Waals surface area contributed by atoms with Crippen LogP contribution in [0, 0.1) is 0 Å². The van der Waals surface area contributed by atoms with E-state index in [4.69, 9.17) is 0 Å². The fraction of sp³-hybridized carbons (Fsp3) is 0.273. The van der Waals surface area contributed by atoms with Crippen LogP contribution in [0.1, 0.15) is 33.3 Å². The number of hydrogen-bond acceptors (Lipinski definition) is 2. The monoisotopic (exact) mass is 319 g/mol. The first kappa shape index (κ1) is 16.4. The molecular formula is C22H25NO. The zero-order valence-electron chi connectivity index (χ0n) is 14.8. The largest absolute Gasteiger partial charge is 0.494 e. The minimum atomic E-state index is 0.240. The molecule has 0 amide bonds. The Kier molecular flexibility index (Phi) is 4.48. The molecule has 0 aliphatic heterocycles. The minimum Gasteiger partial charge on any atom is -0.494 e. The van der Waals surface area contributed by atoms with Crippen LogP contribution >= 0.6 is 0 Å². The van der Waals surface area contributed by atoms with Gasteiger partial charge in [0.1, 0.15) is 0 Å². The van der Waals surface area contributed by atoms with Crippen LogP contribution in [0.5, 0.6) is 0 Å². The summed E-state index contributed by atoms with van der Waals surface area (Å²) in [5.74, 6) is 0.355. The SMILES string of the molecule is CC(C)N(/C(O)=C1\C=CC=C1c1ccc2ccccc2c1)C(C)C. The van der Waals surface area contributed by atoms with Gasteiger partial charge in [0, 0.05) is 17.7 Å². The lowest BCUT2D eigenvalue weighted by Gasteiger charge is -2.33. The van der Waals surface area contributed by atoms with E-state index < -0.39 is 0 Å². The lowest BCUT2D eigenvalue weighted by molar-refractivity contribution is 0.133. The van der Waals surface area contributed by atoms with E-state index in [-0.39, 0.29) is 12.1 Å². The van der Waals surface area contributed by atoms with Gasteiger partial charge in [-0.2, -0.15) is 0 Å². The van der Waals surface area contributed by atoms with Gasteiger partial charge >= 0.3 is 0 Å². The van der Waals surface area contributed by atoms with Gasteiger partial charge in [-0.1, -0.05) is 48.6 Å². The van der Waals surface area contributed by atoms with Crippen molar-refractivity contribution in [1.29, 1.82) is 0 Å². The van der Waals surface area contributed by atoms with Crippen molar-refractivity contribution in [3.63, 3.8) is 0 Å². The third-order valence-electron chi connectivity index (χ3n) is 4.47. The van der Waals surface area contributed by atoms with Gasteiger partial charge in [0.25, 0.3) is 0 Å². The van der Waals surface area contributed by atoms with Crippen LogP contribution in [0.4, 0.5) is 0 Å². The molecule has 2 nitrogen and oxygen atoms in total.